The van der Waals surface area contributed by atoms with Crippen molar-refractivity contribution in [3.05, 3.63) is 57.3 Å². The summed E-state index contributed by atoms with van der Waals surface area (Å²) in [5, 5.41) is 2.20. The zero-order valence-electron chi connectivity index (χ0n) is 20.8. The van der Waals surface area contributed by atoms with Crippen LogP contribution in [0.15, 0.2) is 35.7 Å². The Kier molecular flexibility index (Phi) is 8.79. The molecule has 0 spiro atoms. The smallest absolute Gasteiger partial charge is 0.223 e. The van der Waals surface area contributed by atoms with Crippen LogP contribution in [0.5, 0.6) is 0 Å². The molecule has 4 rings (SSSR count). The number of aryl methyl sites for hydroxylation is 1. The highest BCUT2D eigenvalue weighted by atomic mass is 32.1. The largest absolute Gasteiger partial charge is 0.339 e. The molecule has 2 amide bonds. The molecule has 184 valence electrons. The fraction of sp³-hybridized carbons (Fsp3) is 0.571. The number of fused-ring (bicyclic) bond motifs is 1. The molecule has 34 heavy (non-hydrogen) atoms. The van der Waals surface area contributed by atoms with Crippen molar-refractivity contribution in [2.75, 3.05) is 39.3 Å². The predicted molar refractivity (Wildman–Crippen MR) is 139 cm³/mol. The highest BCUT2D eigenvalue weighted by molar-refractivity contribution is 7.10. The van der Waals surface area contributed by atoms with E-state index in [1.807, 2.05) is 21.1 Å². The summed E-state index contributed by atoms with van der Waals surface area (Å²) in [6.45, 7) is 8.79. The van der Waals surface area contributed by atoms with Gasteiger partial charge >= 0.3 is 0 Å². The number of nitrogens with zero attached hydrogens (tertiary/aromatic N) is 3. The summed E-state index contributed by atoms with van der Waals surface area (Å²) >= 11 is 1.85. The van der Waals surface area contributed by atoms with Crippen molar-refractivity contribution in [3.63, 3.8) is 0 Å². The third kappa shape index (κ3) is 5.89. The molecule has 1 unspecified atom stereocenters. The first-order valence-corrected chi connectivity index (χ1v) is 13.9. The first-order chi connectivity index (χ1) is 16.6. The molecule has 0 saturated carbocycles. The summed E-state index contributed by atoms with van der Waals surface area (Å²) < 4.78 is 0. The molecule has 1 atom stereocenters. The average molecular weight is 482 g/mol. The third-order valence-corrected chi connectivity index (χ3v) is 8.39. The molecule has 0 radical (unpaired) electrons. The molecule has 5 nitrogen and oxygen atoms in total. The van der Waals surface area contributed by atoms with Crippen LogP contribution >= 0.6 is 11.3 Å². The quantitative estimate of drug-likeness (QED) is 0.472. The molecule has 0 bridgehead atoms. The Hall–Kier alpha value is -2.18. The molecule has 0 N–H and O–H groups in total. The molecule has 2 aliphatic rings. The summed E-state index contributed by atoms with van der Waals surface area (Å²) in [5.74, 6) is 0.471. The molecule has 1 fully saturated rings. The Morgan fingerprint density at radius 1 is 0.882 bits per heavy atom. The van der Waals surface area contributed by atoms with E-state index < -0.39 is 0 Å². The summed E-state index contributed by atoms with van der Waals surface area (Å²) in [6.07, 6.45) is 6.74. The number of unbranched alkanes of at least 4 members (excludes halogenated alkanes) is 3. The first-order valence-electron chi connectivity index (χ1n) is 13.0. The number of benzene rings is 1. The van der Waals surface area contributed by atoms with Gasteiger partial charge in [-0.2, -0.15) is 0 Å². The lowest BCUT2D eigenvalue weighted by Gasteiger charge is -2.38. The van der Waals surface area contributed by atoms with Gasteiger partial charge in [0.2, 0.25) is 11.8 Å². The maximum atomic E-state index is 13.1. The zero-order valence-corrected chi connectivity index (χ0v) is 21.6. The summed E-state index contributed by atoms with van der Waals surface area (Å²) in [5.41, 5.74) is 4.06. The number of hydrogen-bond acceptors (Lipinski definition) is 4. The van der Waals surface area contributed by atoms with Crippen LogP contribution in [0.3, 0.4) is 0 Å². The SMILES string of the molecule is CCCCCCC(=O)N1CCN(C(=O)CCN2CCc3sccc3C2c2ccccc2C)CC1. The van der Waals surface area contributed by atoms with Crippen LogP contribution in [0.1, 0.15) is 73.1 Å². The van der Waals surface area contributed by atoms with Gasteiger partial charge in [-0.3, -0.25) is 14.5 Å². The van der Waals surface area contributed by atoms with E-state index in [-0.39, 0.29) is 17.9 Å². The average Bonchev–Trinajstić information content (AvgIpc) is 3.34. The van der Waals surface area contributed by atoms with Gasteiger partial charge in [-0.15, -0.1) is 11.3 Å². The van der Waals surface area contributed by atoms with Crippen LogP contribution in [0.25, 0.3) is 0 Å². The molecule has 6 heteroatoms. The van der Waals surface area contributed by atoms with E-state index in [4.69, 9.17) is 0 Å². The molecule has 0 aliphatic carbocycles. The lowest BCUT2D eigenvalue weighted by Crippen LogP contribution is -2.51. The number of amides is 2. The molecule has 1 aromatic carbocycles. The van der Waals surface area contributed by atoms with Crippen LogP contribution in [0.2, 0.25) is 0 Å². The first kappa shape index (κ1) is 24.9. The van der Waals surface area contributed by atoms with Crippen molar-refractivity contribution < 1.29 is 9.59 Å². The Morgan fingerprint density at radius 2 is 1.59 bits per heavy atom. The third-order valence-electron chi connectivity index (χ3n) is 7.39. The number of piperazine rings is 1. The predicted octanol–water partition coefficient (Wildman–Crippen LogP) is 5.04. The van der Waals surface area contributed by atoms with E-state index >= 15 is 0 Å². The maximum absolute atomic E-state index is 13.1. The normalized spacial score (nSPS) is 18.7. The molecule has 2 aromatic rings. The zero-order chi connectivity index (χ0) is 23.9. The number of hydrogen-bond donors (Lipinski definition) is 0. The van der Waals surface area contributed by atoms with Gasteiger partial charge in [-0.25, -0.2) is 0 Å². The van der Waals surface area contributed by atoms with Gasteiger partial charge < -0.3 is 9.80 Å². The molecule has 2 aliphatic heterocycles. The minimum atomic E-state index is 0.217. The van der Waals surface area contributed by atoms with Gasteiger partial charge in [0.1, 0.15) is 0 Å². The Labute approximate surface area is 208 Å². The summed E-state index contributed by atoms with van der Waals surface area (Å²) in [7, 11) is 0. The standard InChI is InChI=1S/C28H39N3O2S/c1-3-4-5-6-11-26(32)29-17-19-30(20-18-29)27(33)13-16-31-15-12-25-24(14-21-34-25)28(31)23-10-8-7-9-22(23)2/h7-10,14,21,28H,3-6,11-13,15-20H2,1-2H3. The van der Waals surface area contributed by atoms with E-state index in [9.17, 15) is 9.59 Å². The lowest BCUT2D eigenvalue weighted by molar-refractivity contribution is -0.139. The van der Waals surface area contributed by atoms with Gasteiger partial charge in [-0.05, 0) is 47.9 Å². The summed E-state index contributed by atoms with van der Waals surface area (Å²) in [4.78, 5) is 33.4. The van der Waals surface area contributed by atoms with Gasteiger partial charge in [0.25, 0.3) is 0 Å². The summed E-state index contributed by atoms with van der Waals surface area (Å²) in [6, 6.07) is 11.1. The highest BCUT2D eigenvalue weighted by Crippen LogP contribution is 2.38. The van der Waals surface area contributed by atoms with Crippen LogP contribution < -0.4 is 0 Å². The number of rotatable bonds is 9. The Bertz CT molecular complexity index is 964. The fourth-order valence-corrected chi connectivity index (χ4v) is 6.23. The molecule has 3 heterocycles. The van der Waals surface area contributed by atoms with Crippen molar-refractivity contribution in [1.82, 2.24) is 14.7 Å². The van der Waals surface area contributed by atoms with Crippen molar-refractivity contribution in [1.29, 1.82) is 0 Å². The van der Waals surface area contributed by atoms with Gasteiger partial charge in [0.15, 0.2) is 0 Å². The van der Waals surface area contributed by atoms with E-state index in [1.54, 1.807) is 0 Å². The van der Waals surface area contributed by atoms with Crippen molar-refractivity contribution in [3.8, 4) is 0 Å². The van der Waals surface area contributed by atoms with Crippen molar-refractivity contribution >= 4 is 23.2 Å². The number of thiophene rings is 1. The van der Waals surface area contributed by atoms with E-state index in [0.29, 0.717) is 39.0 Å². The second-order valence-corrected chi connectivity index (χ2v) is 10.7. The van der Waals surface area contributed by atoms with Crippen molar-refractivity contribution in [2.45, 2.75) is 64.8 Å². The van der Waals surface area contributed by atoms with Crippen LogP contribution in [0, 0.1) is 6.92 Å². The topological polar surface area (TPSA) is 43.9 Å². The number of carbonyl (C=O) groups is 2. The van der Waals surface area contributed by atoms with Gasteiger partial charge in [0, 0.05) is 57.0 Å². The molecule has 1 aromatic heterocycles. The second-order valence-electron chi connectivity index (χ2n) is 9.67. The van der Waals surface area contributed by atoms with Crippen LogP contribution in [-0.2, 0) is 16.0 Å². The highest BCUT2D eigenvalue weighted by Gasteiger charge is 2.31. The Morgan fingerprint density at radius 3 is 2.29 bits per heavy atom. The maximum Gasteiger partial charge on any atom is 0.223 e. The minimum absolute atomic E-state index is 0.217. The van der Waals surface area contributed by atoms with Crippen molar-refractivity contribution in [2.24, 2.45) is 0 Å². The number of carbonyl (C=O) groups excluding carboxylic acids is 2. The molecule has 1 saturated heterocycles. The fourth-order valence-electron chi connectivity index (χ4n) is 5.33. The van der Waals surface area contributed by atoms with Gasteiger partial charge in [-0.1, -0.05) is 50.5 Å². The van der Waals surface area contributed by atoms with Gasteiger partial charge in [0.05, 0.1) is 6.04 Å². The Balaban J connectivity index is 1.30. The van der Waals surface area contributed by atoms with E-state index in [2.05, 4.69) is 54.5 Å². The molecular weight excluding hydrogens is 442 g/mol. The second kappa shape index (κ2) is 12.0. The van der Waals surface area contributed by atoms with Crippen LogP contribution in [0.4, 0.5) is 0 Å². The van der Waals surface area contributed by atoms with E-state index in [1.165, 1.54) is 34.4 Å². The minimum Gasteiger partial charge on any atom is -0.339 e. The molecular formula is C28H39N3O2S. The monoisotopic (exact) mass is 481 g/mol. The van der Waals surface area contributed by atoms with E-state index in [0.717, 1.165) is 32.4 Å². The van der Waals surface area contributed by atoms with Crippen LogP contribution in [-0.4, -0.2) is 65.8 Å². The lowest BCUT2D eigenvalue weighted by atomic mass is 9.90.